The molecule has 134 valence electrons. The van der Waals surface area contributed by atoms with Crippen molar-refractivity contribution in [3.05, 3.63) is 30.5 Å². The normalized spacial score (nSPS) is 18.2. The molecule has 1 fully saturated rings. The van der Waals surface area contributed by atoms with Crippen LogP contribution in [0.3, 0.4) is 0 Å². The van der Waals surface area contributed by atoms with Crippen LogP contribution in [0.1, 0.15) is 45.2 Å². The minimum absolute atomic E-state index is 0.172. The van der Waals surface area contributed by atoms with Gasteiger partial charge in [-0.05, 0) is 33.6 Å². The molecule has 0 radical (unpaired) electrons. The van der Waals surface area contributed by atoms with E-state index in [1.54, 1.807) is 28.2 Å². The van der Waals surface area contributed by atoms with E-state index in [0.717, 1.165) is 36.3 Å². The predicted molar refractivity (Wildman–Crippen MR) is 94.0 cm³/mol. The Labute approximate surface area is 148 Å². The van der Waals surface area contributed by atoms with Crippen molar-refractivity contribution >= 4 is 6.09 Å². The van der Waals surface area contributed by atoms with Crippen LogP contribution in [0.5, 0.6) is 0 Å². The van der Waals surface area contributed by atoms with Gasteiger partial charge in [-0.25, -0.2) is 9.78 Å². The summed E-state index contributed by atoms with van der Waals surface area (Å²) in [5.41, 5.74) is 2.18. The van der Waals surface area contributed by atoms with Crippen molar-refractivity contribution in [1.82, 2.24) is 24.6 Å². The van der Waals surface area contributed by atoms with Gasteiger partial charge in [-0.15, -0.1) is 0 Å². The second kappa shape index (κ2) is 6.82. The average Bonchev–Trinajstić information content (AvgIpc) is 3.00. The highest BCUT2D eigenvalue weighted by molar-refractivity contribution is 5.68. The van der Waals surface area contributed by atoms with Crippen molar-refractivity contribution in [1.29, 1.82) is 0 Å². The molecule has 1 amide bonds. The van der Waals surface area contributed by atoms with Gasteiger partial charge in [-0.2, -0.15) is 5.10 Å². The highest BCUT2D eigenvalue weighted by Gasteiger charge is 2.29. The van der Waals surface area contributed by atoms with Crippen molar-refractivity contribution in [3.8, 4) is 11.3 Å². The number of piperidine rings is 1. The van der Waals surface area contributed by atoms with Gasteiger partial charge in [0.15, 0.2) is 0 Å². The Hall–Kier alpha value is -2.44. The van der Waals surface area contributed by atoms with Crippen molar-refractivity contribution in [3.63, 3.8) is 0 Å². The maximum absolute atomic E-state index is 12.3. The van der Waals surface area contributed by atoms with E-state index >= 15 is 0 Å². The van der Waals surface area contributed by atoms with E-state index in [0.29, 0.717) is 6.54 Å². The Kier molecular flexibility index (Phi) is 4.74. The summed E-state index contributed by atoms with van der Waals surface area (Å²) in [6.07, 6.45) is 8.91. The molecule has 3 heterocycles. The van der Waals surface area contributed by atoms with Gasteiger partial charge in [-0.1, -0.05) is 0 Å². The first kappa shape index (κ1) is 17.4. The summed E-state index contributed by atoms with van der Waals surface area (Å²) in [5, 5.41) is 4.18. The summed E-state index contributed by atoms with van der Waals surface area (Å²) in [5.74, 6) is 0.172. The molecule has 0 N–H and O–H groups in total. The maximum Gasteiger partial charge on any atom is 0.410 e. The van der Waals surface area contributed by atoms with Crippen molar-refractivity contribution in [2.24, 2.45) is 7.05 Å². The largest absolute Gasteiger partial charge is 0.444 e. The fourth-order valence-electron chi connectivity index (χ4n) is 2.98. The van der Waals surface area contributed by atoms with E-state index in [1.165, 1.54) is 0 Å². The topological polar surface area (TPSA) is 73.1 Å². The molecular formula is C18H25N5O2. The van der Waals surface area contributed by atoms with Crippen LogP contribution in [0.15, 0.2) is 24.8 Å². The second-order valence-electron chi connectivity index (χ2n) is 7.50. The molecule has 1 saturated heterocycles. The molecule has 7 heteroatoms. The van der Waals surface area contributed by atoms with Gasteiger partial charge < -0.3 is 9.64 Å². The van der Waals surface area contributed by atoms with Crippen LogP contribution < -0.4 is 0 Å². The number of hydrogen-bond acceptors (Lipinski definition) is 5. The van der Waals surface area contributed by atoms with Gasteiger partial charge in [0, 0.05) is 44.0 Å². The van der Waals surface area contributed by atoms with E-state index in [-0.39, 0.29) is 12.0 Å². The molecule has 25 heavy (non-hydrogen) atoms. The number of ether oxygens (including phenoxy) is 1. The number of amides is 1. The molecule has 1 unspecified atom stereocenters. The molecule has 0 saturated carbocycles. The molecule has 0 spiro atoms. The van der Waals surface area contributed by atoms with Gasteiger partial charge >= 0.3 is 6.09 Å². The summed E-state index contributed by atoms with van der Waals surface area (Å²) >= 11 is 0. The number of nitrogens with zero attached hydrogens (tertiary/aromatic N) is 5. The van der Waals surface area contributed by atoms with E-state index in [2.05, 4.69) is 10.1 Å². The quantitative estimate of drug-likeness (QED) is 0.838. The molecule has 1 atom stereocenters. The SMILES string of the molecule is Cn1cc(-c2cncc(C3CCCN(C(=O)OC(C)(C)C)C3)n2)cn1. The van der Waals surface area contributed by atoms with Crippen molar-refractivity contribution in [2.45, 2.75) is 45.1 Å². The lowest BCUT2D eigenvalue weighted by Crippen LogP contribution is -2.42. The zero-order valence-electron chi connectivity index (χ0n) is 15.3. The average molecular weight is 343 g/mol. The first-order valence-corrected chi connectivity index (χ1v) is 8.61. The molecule has 2 aromatic heterocycles. The van der Waals surface area contributed by atoms with Crippen LogP contribution in [-0.2, 0) is 11.8 Å². The highest BCUT2D eigenvalue weighted by Crippen LogP contribution is 2.27. The summed E-state index contributed by atoms with van der Waals surface area (Å²) in [7, 11) is 1.88. The molecule has 0 aromatic carbocycles. The Morgan fingerprint density at radius 2 is 2.08 bits per heavy atom. The Morgan fingerprint density at radius 1 is 1.28 bits per heavy atom. The standard InChI is InChI=1S/C18H25N5O2/c1-18(2,3)25-17(24)23-7-5-6-13(12-23)15-9-19-10-16(21-15)14-8-20-22(4)11-14/h8-11,13H,5-7,12H2,1-4H3. The molecule has 0 bridgehead atoms. The fourth-order valence-corrected chi connectivity index (χ4v) is 2.98. The summed E-state index contributed by atoms with van der Waals surface area (Å²) in [6.45, 7) is 6.99. The van der Waals surface area contributed by atoms with Gasteiger partial charge in [0.1, 0.15) is 5.60 Å². The molecule has 3 rings (SSSR count). The Balaban J connectivity index is 1.74. The minimum atomic E-state index is -0.482. The van der Waals surface area contributed by atoms with E-state index < -0.39 is 5.60 Å². The molecule has 7 nitrogen and oxygen atoms in total. The van der Waals surface area contributed by atoms with E-state index in [1.807, 2.05) is 34.0 Å². The van der Waals surface area contributed by atoms with Crippen LogP contribution in [-0.4, -0.2) is 49.4 Å². The third-order valence-electron chi connectivity index (χ3n) is 4.15. The van der Waals surface area contributed by atoms with Crippen molar-refractivity contribution < 1.29 is 9.53 Å². The predicted octanol–water partition coefficient (Wildman–Crippen LogP) is 2.99. The third-order valence-corrected chi connectivity index (χ3v) is 4.15. The van der Waals surface area contributed by atoms with Gasteiger partial charge in [0.2, 0.25) is 0 Å². The van der Waals surface area contributed by atoms with Crippen LogP contribution in [0.4, 0.5) is 4.79 Å². The minimum Gasteiger partial charge on any atom is -0.444 e. The smallest absolute Gasteiger partial charge is 0.410 e. The molecule has 0 aliphatic carbocycles. The van der Waals surface area contributed by atoms with E-state index in [9.17, 15) is 4.79 Å². The zero-order valence-corrected chi connectivity index (χ0v) is 15.3. The maximum atomic E-state index is 12.3. The van der Waals surface area contributed by atoms with Crippen LogP contribution >= 0.6 is 0 Å². The number of carbonyl (C=O) groups is 1. The lowest BCUT2D eigenvalue weighted by atomic mass is 9.95. The number of aromatic nitrogens is 4. The Bertz CT molecular complexity index is 750. The number of likely N-dealkylation sites (tertiary alicyclic amines) is 1. The van der Waals surface area contributed by atoms with Gasteiger partial charge in [0.05, 0.1) is 23.8 Å². The Morgan fingerprint density at radius 3 is 2.76 bits per heavy atom. The van der Waals surface area contributed by atoms with Crippen LogP contribution in [0, 0.1) is 0 Å². The molecule has 1 aliphatic rings. The monoisotopic (exact) mass is 343 g/mol. The summed E-state index contributed by atoms with van der Waals surface area (Å²) < 4.78 is 7.24. The number of aryl methyl sites for hydroxylation is 1. The lowest BCUT2D eigenvalue weighted by Gasteiger charge is -2.33. The van der Waals surface area contributed by atoms with Crippen molar-refractivity contribution in [2.75, 3.05) is 13.1 Å². The zero-order chi connectivity index (χ0) is 18.0. The summed E-state index contributed by atoms with van der Waals surface area (Å²) in [6, 6.07) is 0. The number of hydrogen-bond donors (Lipinski definition) is 0. The van der Waals surface area contributed by atoms with Crippen LogP contribution in [0.25, 0.3) is 11.3 Å². The van der Waals surface area contributed by atoms with Gasteiger partial charge in [0.25, 0.3) is 0 Å². The summed E-state index contributed by atoms with van der Waals surface area (Å²) in [4.78, 5) is 23.2. The third kappa shape index (κ3) is 4.35. The molecule has 2 aromatic rings. The lowest BCUT2D eigenvalue weighted by molar-refractivity contribution is 0.0197. The van der Waals surface area contributed by atoms with Gasteiger partial charge in [-0.3, -0.25) is 9.67 Å². The highest BCUT2D eigenvalue weighted by atomic mass is 16.6. The first-order valence-electron chi connectivity index (χ1n) is 8.61. The fraction of sp³-hybridized carbons (Fsp3) is 0.556. The number of carbonyl (C=O) groups excluding carboxylic acids is 1. The second-order valence-corrected chi connectivity index (χ2v) is 7.50. The molecule has 1 aliphatic heterocycles. The number of rotatable bonds is 2. The molecular weight excluding hydrogens is 318 g/mol. The van der Waals surface area contributed by atoms with Crippen LogP contribution in [0.2, 0.25) is 0 Å². The van der Waals surface area contributed by atoms with E-state index in [4.69, 9.17) is 9.72 Å². The first-order chi connectivity index (χ1) is 11.8.